The van der Waals surface area contributed by atoms with E-state index in [-0.39, 0.29) is 13.0 Å². The third kappa shape index (κ3) is 4.40. The predicted octanol–water partition coefficient (Wildman–Crippen LogP) is 0.771. The second-order valence-corrected chi connectivity index (χ2v) is 5.76. The number of nitrogens with one attached hydrogen (secondary N) is 1. The zero-order valence-electron chi connectivity index (χ0n) is 13.3. The Bertz CT molecular complexity index is 649. The van der Waals surface area contributed by atoms with E-state index in [9.17, 15) is 14.7 Å². The first kappa shape index (κ1) is 17.7. The van der Waals surface area contributed by atoms with Gasteiger partial charge in [0.2, 0.25) is 0 Å². The summed E-state index contributed by atoms with van der Waals surface area (Å²) in [6.45, 7) is 1.81. The van der Waals surface area contributed by atoms with Crippen LogP contribution in [0.5, 0.6) is 0 Å². The quantitative estimate of drug-likeness (QED) is 0.643. The second-order valence-electron chi connectivity index (χ2n) is 5.76. The highest BCUT2D eigenvalue weighted by Crippen LogP contribution is 2.27. The number of allylic oxidation sites excluding steroid dienone is 1. The molecule has 128 valence electrons. The highest BCUT2D eigenvalue weighted by molar-refractivity contribution is 5.46. The molecule has 1 saturated heterocycles. The molecule has 3 N–H and O–H groups in total. The summed E-state index contributed by atoms with van der Waals surface area (Å²) in [5.74, 6) is 0. The standard InChI is InChI=1S/C16H24N2O5/c1-2-3-4-5-6-7-11-9-18(16(22)17-15(11)21)14-8-12(20)13(10-19)23-14/h6-7,9,12-14,19-20H,2-5,8,10H2,1H3,(H,17,21,22)/t12?,13-,14-/m0/s1. The Labute approximate surface area is 134 Å². The van der Waals surface area contributed by atoms with E-state index in [1.807, 2.05) is 6.08 Å². The maximum atomic E-state index is 12.0. The Morgan fingerprint density at radius 2 is 2.22 bits per heavy atom. The fourth-order valence-electron chi connectivity index (χ4n) is 2.61. The van der Waals surface area contributed by atoms with Crippen LogP contribution in [0.2, 0.25) is 0 Å². The third-order valence-electron chi connectivity index (χ3n) is 3.96. The number of unbranched alkanes of at least 4 members (excludes halogenated alkanes) is 3. The molecule has 0 radical (unpaired) electrons. The number of rotatable bonds is 7. The van der Waals surface area contributed by atoms with E-state index in [0.29, 0.717) is 5.56 Å². The van der Waals surface area contributed by atoms with Crippen molar-refractivity contribution in [3.63, 3.8) is 0 Å². The van der Waals surface area contributed by atoms with Gasteiger partial charge < -0.3 is 14.9 Å². The molecule has 1 fully saturated rings. The molecule has 0 aromatic carbocycles. The number of aromatic amines is 1. The largest absolute Gasteiger partial charge is 0.394 e. The number of ether oxygens (including phenoxy) is 1. The molecule has 0 bridgehead atoms. The van der Waals surface area contributed by atoms with Crippen LogP contribution in [0.1, 0.15) is 50.8 Å². The smallest absolute Gasteiger partial charge is 0.330 e. The van der Waals surface area contributed by atoms with Gasteiger partial charge in [0, 0.05) is 12.6 Å². The molecule has 2 heterocycles. The van der Waals surface area contributed by atoms with Gasteiger partial charge in [-0.15, -0.1) is 0 Å². The highest BCUT2D eigenvalue weighted by atomic mass is 16.5. The number of hydrogen-bond acceptors (Lipinski definition) is 5. The van der Waals surface area contributed by atoms with Gasteiger partial charge in [-0.05, 0) is 12.8 Å². The molecule has 7 heteroatoms. The van der Waals surface area contributed by atoms with Crippen LogP contribution in [0.25, 0.3) is 6.08 Å². The molecule has 0 amide bonds. The van der Waals surface area contributed by atoms with E-state index >= 15 is 0 Å². The lowest BCUT2D eigenvalue weighted by molar-refractivity contribution is -0.0459. The van der Waals surface area contributed by atoms with Crippen LogP contribution in [0.15, 0.2) is 21.9 Å². The second kappa shape index (κ2) is 8.24. The van der Waals surface area contributed by atoms with Crippen LogP contribution < -0.4 is 11.2 Å². The zero-order valence-corrected chi connectivity index (χ0v) is 13.3. The van der Waals surface area contributed by atoms with Gasteiger partial charge in [0.25, 0.3) is 5.56 Å². The predicted molar refractivity (Wildman–Crippen MR) is 86.1 cm³/mol. The van der Waals surface area contributed by atoms with Gasteiger partial charge in [0.05, 0.1) is 18.3 Å². The van der Waals surface area contributed by atoms with Gasteiger partial charge in [-0.25, -0.2) is 4.79 Å². The summed E-state index contributed by atoms with van der Waals surface area (Å²) in [6, 6.07) is 0. The molecular formula is C16H24N2O5. The number of aromatic nitrogens is 2. The minimum absolute atomic E-state index is 0.191. The van der Waals surface area contributed by atoms with E-state index in [0.717, 1.165) is 25.7 Å². The number of aliphatic hydroxyl groups is 2. The van der Waals surface area contributed by atoms with Crippen molar-refractivity contribution in [1.29, 1.82) is 0 Å². The van der Waals surface area contributed by atoms with Crippen LogP contribution in [0.4, 0.5) is 0 Å². The van der Waals surface area contributed by atoms with Crippen molar-refractivity contribution in [2.24, 2.45) is 0 Å². The fraction of sp³-hybridized carbons (Fsp3) is 0.625. The number of nitrogens with zero attached hydrogens (tertiary/aromatic N) is 1. The van der Waals surface area contributed by atoms with Crippen molar-refractivity contribution in [3.05, 3.63) is 38.7 Å². The Morgan fingerprint density at radius 1 is 1.43 bits per heavy atom. The van der Waals surface area contributed by atoms with Crippen molar-refractivity contribution in [2.45, 2.75) is 57.5 Å². The van der Waals surface area contributed by atoms with Crippen molar-refractivity contribution >= 4 is 6.08 Å². The highest BCUT2D eigenvalue weighted by Gasteiger charge is 2.35. The summed E-state index contributed by atoms with van der Waals surface area (Å²) in [5.41, 5.74) is -0.671. The topological polar surface area (TPSA) is 105 Å². The van der Waals surface area contributed by atoms with Crippen molar-refractivity contribution in [3.8, 4) is 0 Å². The maximum Gasteiger partial charge on any atom is 0.330 e. The summed E-state index contributed by atoms with van der Waals surface area (Å²) in [7, 11) is 0. The minimum atomic E-state index is -0.836. The van der Waals surface area contributed by atoms with Gasteiger partial charge in [0.1, 0.15) is 12.3 Å². The van der Waals surface area contributed by atoms with Gasteiger partial charge in [0.15, 0.2) is 0 Å². The SMILES string of the molecule is CCCCCC=Cc1cn([C@@H]2CC(O)[C@H](CO)O2)c(=O)[nH]c1=O. The lowest BCUT2D eigenvalue weighted by atomic mass is 10.2. The van der Waals surface area contributed by atoms with Crippen molar-refractivity contribution < 1.29 is 14.9 Å². The lowest BCUT2D eigenvalue weighted by Gasteiger charge is -2.14. The van der Waals surface area contributed by atoms with E-state index in [4.69, 9.17) is 9.84 Å². The molecule has 1 unspecified atom stereocenters. The van der Waals surface area contributed by atoms with Gasteiger partial charge in [-0.3, -0.25) is 14.3 Å². The number of aliphatic hydroxyl groups excluding tert-OH is 2. The lowest BCUT2D eigenvalue weighted by Crippen LogP contribution is -2.33. The molecule has 1 aromatic rings. The summed E-state index contributed by atoms with van der Waals surface area (Å²) >= 11 is 0. The molecule has 1 aromatic heterocycles. The normalized spacial score (nSPS) is 24.6. The molecule has 7 nitrogen and oxygen atoms in total. The van der Waals surface area contributed by atoms with Gasteiger partial charge in [-0.1, -0.05) is 31.9 Å². The van der Waals surface area contributed by atoms with E-state index in [2.05, 4.69) is 11.9 Å². The first-order chi connectivity index (χ1) is 11.1. The van der Waals surface area contributed by atoms with E-state index in [1.165, 1.54) is 10.8 Å². The third-order valence-corrected chi connectivity index (χ3v) is 3.96. The first-order valence-corrected chi connectivity index (χ1v) is 8.03. The Morgan fingerprint density at radius 3 is 2.87 bits per heavy atom. The summed E-state index contributed by atoms with van der Waals surface area (Å²) in [5, 5.41) is 18.9. The maximum absolute atomic E-state index is 12.0. The summed E-state index contributed by atoms with van der Waals surface area (Å²) in [6.07, 6.45) is 7.19. The van der Waals surface area contributed by atoms with Crippen molar-refractivity contribution in [2.75, 3.05) is 6.61 Å². The fourth-order valence-corrected chi connectivity index (χ4v) is 2.61. The molecule has 1 aliphatic heterocycles. The number of H-pyrrole nitrogens is 1. The van der Waals surface area contributed by atoms with Gasteiger partial charge in [-0.2, -0.15) is 0 Å². The zero-order chi connectivity index (χ0) is 16.8. The molecule has 1 aliphatic rings. The van der Waals surface area contributed by atoms with Crippen molar-refractivity contribution in [1.82, 2.24) is 9.55 Å². The van der Waals surface area contributed by atoms with Crippen LogP contribution >= 0.6 is 0 Å². The summed E-state index contributed by atoms with van der Waals surface area (Å²) < 4.78 is 6.71. The molecule has 2 rings (SSSR count). The Hall–Kier alpha value is -1.70. The van der Waals surface area contributed by atoms with Crippen LogP contribution in [-0.4, -0.2) is 38.6 Å². The van der Waals surface area contributed by atoms with Crippen LogP contribution in [0, 0.1) is 0 Å². The Kier molecular flexibility index (Phi) is 6.32. The molecule has 0 aliphatic carbocycles. The van der Waals surface area contributed by atoms with Crippen LogP contribution in [0.3, 0.4) is 0 Å². The average Bonchev–Trinajstić information content (AvgIpc) is 2.89. The molecule has 3 atom stereocenters. The summed E-state index contributed by atoms with van der Waals surface area (Å²) in [4.78, 5) is 26.1. The van der Waals surface area contributed by atoms with E-state index < -0.39 is 29.7 Å². The number of hydrogen-bond donors (Lipinski definition) is 3. The first-order valence-electron chi connectivity index (χ1n) is 8.03. The minimum Gasteiger partial charge on any atom is -0.394 e. The molecular weight excluding hydrogens is 300 g/mol. The van der Waals surface area contributed by atoms with E-state index in [1.54, 1.807) is 6.08 Å². The average molecular weight is 324 g/mol. The monoisotopic (exact) mass is 324 g/mol. The molecule has 23 heavy (non-hydrogen) atoms. The molecule has 0 spiro atoms. The van der Waals surface area contributed by atoms with Crippen LogP contribution in [-0.2, 0) is 4.74 Å². The van der Waals surface area contributed by atoms with Gasteiger partial charge >= 0.3 is 5.69 Å². The Balaban J connectivity index is 2.17. The molecule has 0 saturated carbocycles.